The molecule has 80 valence electrons. The van der Waals surface area contributed by atoms with E-state index in [1.807, 2.05) is 0 Å². The van der Waals surface area contributed by atoms with Crippen LogP contribution in [0, 0.1) is 11.8 Å². The lowest BCUT2D eigenvalue weighted by Gasteiger charge is -2.52. The number of piperidine rings is 3. The lowest BCUT2D eigenvalue weighted by molar-refractivity contribution is -0.0231. The number of rotatable bonds is 0. The van der Waals surface area contributed by atoms with Crippen LogP contribution in [0.2, 0.25) is 0 Å². The molecule has 0 aromatic heterocycles. The van der Waals surface area contributed by atoms with E-state index in [2.05, 4.69) is 16.8 Å². The molecule has 3 heterocycles. The molecule has 0 amide bonds. The SMILES string of the molecule is CN1CC2C[C@H](C1)[C@@H]1CCCCN1C2. The van der Waals surface area contributed by atoms with Gasteiger partial charge in [-0.05, 0) is 44.7 Å². The van der Waals surface area contributed by atoms with Crippen LogP contribution >= 0.6 is 0 Å². The molecule has 0 N–H and O–H groups in total. The summed E-state index contributed by atoms with van der Waals surface area (Å²) in [6.07, 6.45) is 5.93. The van der Waals surface area contributed by atoms with Crippen molar-refractivity contribution in [3.63, 3.8) is 0 Å². The Morgan fingerprint density at radius 2 is 2.00 bits per heavy atom. The van der Waals surface area contributed by atoms with Gasteiger partial charge in [-0.1, -0.05) is 6.42 Å². The van der Waals surface area contributed by atoms with Gasteiger partial charge in [0, 0.05) is 25.7 Å². The Kier molecular flexibility index (Phi) is 2.29. The molecule has 0 aromatic rings. The van der Waals surface area contributed by atoms with Gasteiger partial charge in [0.25, 0.3) is 0 Å². The first-order valence-electron chi connectivity index (χ1n) is 6.25. The highest BCUT2D eigenvalue weighted by molar-refractivity contribution is 4.94. The fraction of sp³-hybridized carbons (Fsp3) is 1.00. The molecule has 3 fully saturated rings. The van der Waals surface area contributed by atoms with Crippen LogP contribution in [0.3, 0.4) is 0 Å². The number of fused-ring (bicyclic) bond motifs is 4. The van der Waals surface area contributed by atoms with Crippen molar-refractivity contribution in [2.24, 2.45) is 11.8 Å². The molecule has 0 aliphatic carbocycles. The van der Waals surface area contributed by atoms with Crippen molar-refractivity contribution >= 4 is 0 Å². The fourth-order valence-electron chi connectivity index (χ4n) is 4.01. The van der Waals surface area contributed by atoms with Crippen molar-refractivity contribution in [1.29, 1.82) is 0 Å². The maximum atomic E-state index is 2.80. The van der Waals surface area contributed by atoms with Gasteiger partial charge in [0.15, 0.2) is 0 Å². The average molecular weight is 194 g/mol. The molecule has 2 bridgehead atoms. The first-order valence-corrected chi connectivity index (χ1v) is 6.25. The largest absolute Gasteiger partial charge is 0.306 e. The van der Waals surface area contributed by atoms with E-state index < -0.39 is 0 Å². The summed E-state index contributed by atoms with van der Waals surface area (Å²) < 4.78 is 0. The molecule has 3 atom stereocenters. The quantitative estimate of drug-likeness (QED) is 0.575. The second kappa shape index (κ2) is 3.49. The van der Waals surface area contributed by atoms with E-state index in [0.29, 0.717) is 0 Å². The topological polar surface area (TPSA) is 6.48 Å². The van der Waals surface area contributed by atoms with Crippen LogP contribution < -0.4 is 0 Å². The Morgan fingerprint density at radius 3 is 2.93 bits per heavy atom. The summed E-state index contributed by atoms with van der Waals surface area (Å²) in [6, 6.07) is 0.947. The van der Waals surface area contributed by atoms with Gasteiger partial charge in [-0.15, -0.1) is 0 Å². The summed E-state index contributed by atoms with van der Waals surface area (Å²) in [4.78, 5) is 5.36. The molecule has 2 nitrogen and oxygen atoms in total. The van der Waals surface area contributed by atoms with Crippen molar-refractivity contribution in [3.8, 4) is 0 Å². The molecule has 14 heavy (non-hydrogen) atoms. The minimum Gasteiger partial charge on any atom is -0.306 e. The van der Waals surface area contributed by atoms with Crippen molar-refractivity contribution in [3.05, 3.63) is 0 Å². The Labute approximate surface area is 87.3 Å². The van der Waals surface area contributed by atoms with Gasteiger partial charge in [0.2, 0.25) is 0 Å². The van der Waals surface area contributed by atoms with Crippen molar-refractivity contribution < 1.29 is 0 Å². The molecule has 3 saturated heterocycles. The van der Waals surface area contributed by atoms with Gasteiger partial charge in [0.1, 0.15) is 0 Å². The normalized spacial score (nSPS) is 44.8. The van der Waals surface area contributed by atoms with Gasteiger partial charge < -0.3 is 4.90 Å². The third-order valence-corrected chi connectivity index (χ3v) is 4.45. The van der Waals surface area contributed by atoms with Gasteiger partial charge in [-0.25, -0.2) is 0 Å². The second-order valence-corrected chi connectivity index (χ2v) is 5.64. The molecule has 3 aliphatic heterocycles. The molecule has 0 aromatic carbocycles. The summed E-state index contributed by atoms with van der Waals surface area (Å²) in [5.41, 5.74) is 0. The molecule has 3 aliphatic rings. The van der Waals surface area contributed by atoms with Crippen LogP contribution in [0.4, 0.5) is 0 Å². The van der Waals surface area contributed by atoms with Crippen LogP contribution in [0.25, 0.3) is 0 Å². The van der Waals surface area contributed by atoms with Crippen LogP contribution in [0.5, 0.6) is 0 Å². The van der Waals surface area contributed by atoms with E-state index in [4.69, 9.17) is 0 Å². The maximum Gasteiger partial charge on any atom is 0.0136 e. The van der Waals surface area contributed by atoms with E-state index in [0.717, 1.165) is 17.9 Å². The smallest absolute Gasteiger partial charge is 0.0136 e. The zero-order valence-electron chi connectivity index (χ0n) is 9.28. The van der Waals surface area contributed by atoms with Gasteiger partial charge in [-0.2, -0.15) is 0 Å². The molecule has 1 unspecified atom stereocenters. The van der Waals surface area contributed by atoms with Crippen LogP contribution in [0.1, 0.15) is 25.7 Å². The Morgan fingerprint density at radius 1 is 1.07 bits per heavy atom. The van der Waals surface area contributed by atoms with E-state index >= 15 is 0 Å². The van der Waals surface area contributed by atoms with Gasteiger partial charge in [-0.3, -0.25) is 4.90 Å². The number of hydrogen-bond donors (Lipinski definition) is 0. The summed E-state index contributed by atoms with van der Waals surface area (Å²) in [7, 11) is 2.30. The molecule has 3 rings (SSSR count). The predicted octanol–water partition coefficient (Wildman–Crippen LogP) is 1.42. The highest BCUT2D eigenvalue weighted by Crippen LogP contribution is 2.36. The zero-order valence-corrected chi connectivity index (χ0v) is 9.28. The molecule has 2 heteroatoms. The highest BCUT2D eigenvalue weighted by Gasteiger charge is 2.40. The van der Waals surface area contributed by atoms with Crippen LogP contribution in [-0.2, 0) is 0 Å². The number of nitrogens with zero attached hydrogens (tertiary/aromatic N) is 2. The zero-order chi connectivity index (χ0) is 9.54. The van der Waals surface area contributed by atoms with Gasteiger partial charge in [0.05, 0.1) is 0 Å². The number of hydrogen-bond acceptors (Lipinski definition) is 2. The van der Waals surface area contributed by atoms with E-state index in [1.165, 1.54) is 51.9 Å². The summed E-state index contributed by atoms with van der Waals surface area (Å²) in [5, 5.41) is 0. The molecule has 0 saturated carbocycles. The molecular formula is C12H22N2. The third kappa shape index (κ3) is 1.49. The fourth-order valence-corrected chi connectivity index (χ4v) is 4.01. The van der Waals surface area contributed by atoms with Crippen LogP contribution in [-0.4, -0.2) is 49.1 Å². The standard InChI is InChI=1S/C12H22N2/c1-13-7-10-6-11(9-13)12-4-2-3-5-14(12)8-10/h10-12H,2-9H2,1H3/t10?,11-,12+/m1/s1. The highest BCUT2D eigenvalue weighted by atomic mass is 15.2. The first kappa shape index (κ1) is 9.17. The lowest BCUT2D eigenvalue weighted by atomic mass is 9.76. The molecule has 0 radical (unpaired) electrons. The van der Waals surface area contributed by atoms with Crippen LogP contribution in [0.15, 0.2) is 0 Å². The van der Waals surface area contributed by atoms with E-state index in [1.54, 1.807) is 0 Å². The van der Waals surface area contributed by atoms with Gasteiger partial charge >= 0.3 is 0 Å². The number of likely N-dealkylation sites (tertiary alicyclic amines) is 1. The Balaban J connectivity index is 1.76. The van der Waals surface area contributed by atoms with Crippen molar-refractivity contribution in [2.45, 2.75) is 31.7 Å². The summed E-state index contributed by atoms with van der Waals surface area (Å²) in [5.74, 6) is 1.97. The third-order valence-electron chi connectivity index (χ3n) is 4.45. The summed E-state index contributed by atoms with van der Waals surface area (Å²) in [6.45, 7) is 5.49. The Bertz CT molecular complexity index is 214. The molecular weight excluding hydrogens is 172 g/mol. The minimum absolute atomic E-state index is 0.947. The first-order chi connectivity index (χ1) is 6.83. The maximum absolute atomic E-state index is 2.80. The second-order valence-electron chi connectivity index (χ2n) is 5.64. The van der Waals surface area contributed by atoms with E-state index in [9.17, 15) is 0 Å². The lowest BCUT2D eigenvalue weighted by Crippen LogP contribution is -2.58. The predicted molar refractivity (Wildman–Crippen MR) is 58.3 cm³/mol. The van der Waals surface area contributed by atoms with Crippen molar-refractivity contribution in [1.82, 2.24) is 9.80 Å². The molecule has 0 spiro atoms. The Hall–Kier alpha value is -0.0800. The van der Waals surface area contributed by atoms with Crippen molar-refractivity contribution in [2.75, 3.05) is 33.2 Å². The summed E-state index contributed by atoms with van der Waals surface area (Å²) >= 11 is 0. The monoisotopic (exact) mass is 194 g/mol. The average Bonchev–Trinajstić information content (AvgIpc) is 2.17. The van der Waals surface area contributed by atoms with E-state index in [-0.39, 0.29) is 0 Å². The minimum atomic E-state index is 0.947.